The largest absolute Gasteiger partial charge is 0.357 e. The molecule has 0 aliphatic carbocycles. The maximum absolute atomic E-state index is 11.5. The lowest BCUT2D eigenvalue weighted by molar-refractivity contribution is -0.123. The third-order valence-corrected chi connectivity index (χ3v) is 4.40. The van der Waals surface area contributed by atoms with Crippen molar-refractivity contribution in [3.63, 3.8) is 0 Å². The molecule has 0 aromatic heterocycles. The number of carbonyl (C=O) groups is 1. The summed E-state index contributed by atoms with van der Waals surface area (Å²) in [7, 11) is 0. The van der Waals surface area contributed by atoms with Crippen molar-refractivity contribution in [1.82, 2.24) is 20.9 Å². The first kappa shape index (κ1) is 24.4. The zero-order valence-electron chi connectivity index (χ0n) is 16.4. The van der Waals surface area contributed by atoms with E-state index in [1.165, 1.54) is 25.8 Å². The second-order valence-corrected chi connectivity index (χ2v) is 6.87. The van der Waals surface area contributed by atoms with Gasteiger partial charge in [-0.3, -0.25) is 9.79 Å². The highest BCUT2D eigenvalue weighted by Crippen LogP contribution is 2.16. The quantitative estimate of drug-likeness (QED) is 0.211. The number of nitrogens with one attached hydrogen (secondary N) is 3. The number of carbonyl (C=O) groups excluding carboxylic acids is 1. The molecule has 0 radical (unpaired) electrons. The lowest BCUT2D eigenvalue weighted by Gasteiger charge is -2.33. The summed E-state index contributed by atoms with van der Waals surface area (Å²) >= 11 is 0. The van der Waals surface area contributed by atoms with E-state index in [0.29, 0.717) is 13.1 Å². The van der Waals surface area contributed by atoms with Crippen LogP contribution in [0.15, 0.2) is 4.99 Å². The van der Waals surface area contributed by atoms with Crippen molar-refractivity contribution >= 4 is 35.8 Å². The predicted molar refractivity (Wildman–Crippen MR) is 117 cm³/mol. The van der Waals surface area contributed by atoms with Crippen LogP contribution in [-0.4, -0.2) is 62.1 Å². The van der Waals surface area contributed by atoms with Gasteiger partial charge in [0.25, 0.3) is 0 Å². The van der Waals surface area contributed by atoms with Gasteiger partial charge < -0.3 is 20.9 Å². The van der Waals surface area contributed by atoms with E-state index in [0.717, 1.165) is 38.1 Å². The Morgan fingerprint density at radius 2 is 1.92 bits per heavy atom. The number of rotatable bonds is 9. The number of likely N-dealkylation sites (tertiary alicyclic amines) is 1. The van der Waals surface area contributed by atoms with Crippen molar-refractivity contribution in [1.29, 1.82) is 0 Å². The number of hydrogen-bond acceptors (Lipinski definition) is 3. The van der Waals surface area contributed by atoms with Crippen LogP contribution in [0.5, 0.6) is 0 Å². The van der Waals surface area contributed by atoms with Gasteiger partial charge in [-0.15, -0.1) is 24.0 Å². The zero-order chi connectivity index (χ0) is 17.8. The van der Waals surface area contributed by atoms with Crippen LogP contribution >= 0.6 is 24.0 Å². The van der Waals surface area contributed by atoms with Crippen LogP contribution in [0.25, 0.3) is 0 Å². The van der Waals surface area contributed by atoms with Crippen molar-refractivity contribution in [3.05, 3.63) is 0 Å². The van der Waals surface area contributed by atoms with Gasteiger partial charge in [0.15, 0.2) is 5.96 Å². The Hall–Kier alpha value is -0.570. The SMILES string of the molecule is CCNC(=NCCCN1CCCCC1C)NCCNC(=O)C(C)C.I. The minimum Gasteiger partial charge on any atom is -0.357 e. The summed E-state index contributed by atoms with van der Waals surface area (Å²) in [6.07, 6.45) is 5.12. The van der Waals surface area contributed by atoms with Gasteiger partial charge in [-0.2, -0.15) is 0 Å². The van der Waals surface area contributed by atoms with Gasteiger partial charge >= 0.3 is 0 Å². The smallest absolute Gasteiger partial charge is 0.222 e. The molecule has 1 aliphatic rings. The lowest BCUT2D eigenvalue weighted by atomic mass is 10.0. The van der Waals surface area contributed by atoms with Crippen LogP contribution < -0.4 is 16.0 Å². The summed E-state index contributed by atoms with van der Waals surface area (Å²) in [5.41, 5.74) is 0. The summed E-state index contributed by atoms with van der Waals surface area (Å²) < 4.78 is 0. The summed E-state index contributed by atoms with van der Waals surface area (Å²) in [6.45, 7) is 13.5. The standard InChI is InChI=1S/C18H37N5O.HI/c1-5-19-18(22-12-11-20-17(24)15(2)3)21-10-8-14-23-13-7-6-9-16(23)4;/h15-16H,5-14H2,1-4H3,(H,20,24)(H2,19,21,22);1H. The van der Waals surface area contributed by atoms with Crippen molar-refractivity contribution in [2.24, 2.45) is 10.9 Å². The minimum absolute atomic E-state index is 0. The molecule has 1 amide bonds. The van der Waals surface area contributed by atoms with Crippen LogP contribution in [0.4, 0.5) is 0 Å². The number of piperidine rings is 1. The van der Waals surface area contributed by atoms with Crippen LogP contribution in [-0.2, 0) is 4.79 Å². The molecule has 1 saturated heterocycles. The van der Waals surface area contributed by atoms with Gasteiger partial charge in [-0.05, 0) is 39.7 Å². The third kappa shape index (κ3) is 10.9. The van der Waals surface area contributed by atoms with Crippen molar-refractivity contribution < 1.29 is 4.79 Å². The van der Waals surface area contributed by atoms with E-state index < -0.39 is 0 Å². The summed E-state index contributed by atoms with van der Waals surface area (Å²) in [6, 6.07) is 0.721. The highest BCUT2D eigenvalue weighted by atomic mass is 127. The normalized spacial score (nSPS) is 18.6. The average molecular weight is 467 g/mol. The molecular formula is C18H38IN5O. The summed E-state index contributed by atoms with van der Waals surface area (Å²) in [5, 5.41) is 9.43. The molecule has 0 bridgehead atoms. The fourth-order valence-electron chi connectivity index (χ4n) is 2.87. The number of amides is 1. The Morgan fingerprint density at radius 3 is 2.56 bits per heavy atom. The molecule has 1 rings (SSSR count). The first-order valence-corrected chi connectivity index (χ1v) is 9.58. The van der Waals surface area contributed by atoms with Crippen LogP contribution in [0.2, 0.25) is 0 Å². The monoisotopic (exact) mass is 467 g/mol. The van der Waals surface area contributed by atoms with Gasteiger partial charge in [0.05, 0.1) is 0 Å². The molecule has 1 unspecified atom stereocenters. The maximum atomic E-state index is 11.5. The van der Waals surface area contributed by atoms with E-state index in [-0.39, 0.29) is 35.8 Å². The Labute approximate surface area is 171 Å². The number of nitrogens with zero attached hydrogens (tertiary/aromatic N) is 2. The highest BCUT2D eigenvalue weighted by Gasteiger charge is 2.16. The van der Waals surface area contributed by atoms with E-state index in [1.807, 2.05) is 13.8 Å². The number of aliphatic imine (C=N–C) groups is 1. The first-order chi connectivity index (χ1) is 11.5. The molecule has 0 aromatic rings. The fourth-order valence-corrected chi connectivity index (χ4v) is 2.87. The molecule has 0 aromatic carbocycles. The topological polar surface area (TPSA) is 68.8 Å². The van der Waals surface area contributed by atoms with Gasteiger partial charge in [0.1, 0.15) is 0 Å². The second-order valence-electron chi connectivity index (χ2n) is 6.87. The van der Waals surface area contributed by atoms with Crippen LogP contribution in [0, 0.1) is 5.92 Å². The molecule has 148 valence electrons. The van der Waals surface area contributed by atoms with Crippen LogP contribution in [0.3, 0.4) is 0 Å². The lowest BCUT2D eigenvalue weighted by Crippen LogP contribution is -2.42. The molecule has 1 atom stereocenters. The van der Waals surface area contributed by atoms with E-state index in [2.05, 4.69) is 39.7 Å². The van der Waals surface area contributed by atoms with Crippen molar-refractivity contribution in [3.8, 4) is 0 Å². The molecule has 1 heterocycles. The predicted octanol–water partition coefficient (Wildman–Crippen LogP) is 2.20. The second kappa shape index (κ2) is 14.6. The van der Waals surface area contributed by atoms with Gasteiger partial charge in [0.2, 0.25) is 5.91 Å². The van der Waals surface area contributed by atoms with Crippen molar-refractivity contribution in [2.45, 2.75) is 59.4 Å². The summed E-state index contributed by atoms with van der Waals surface area (Å²) in [5.74, 6) is 0.960. The van der Waals surface area contributed by atoms with E-state index in [1.54, 1.807) is 0 Å². The Morgan fingerprint density at radius 1 is 1.20 bits per heavy atom. The fraction of sp³-hybridized carbons (Fsp3) is 0.889. The zero-order valence-corrected chi connectivity index (χ0v) is 18.8. The first-order valence-electron chi connectivity index (χ1n) is 9.58. The Kier molecular flexibility index (Phi) is 14.3. The average Bonchev–Trinajstić information content (AvgIpc) is 2.56. The molecule has 25 heavy (non-hydrogen) atoms. The molecule has 0 saturated carbocycles. The van der Waals surface area contributed by atoms with E-state index in [9.17, 15) is 4.79 Å². The molecule has 7 heteroatoms. The Bertz CT molecular complexity index is 390. The molecule has 0 spiro atoms. The minimum atomic E-state index is 0. The van der Waals surface area contributed by atoms with Crippen molar-refractivity contribution in [2.75, 3.05) is 39.3 Å². The maximum Gasteiger partial charge on any atom is 0.222 e. The molecule has 1 fully saturated rings. The Balaban J connectivity index is 0.00000576. The molecule has 3 N–H and O–H groups in total. The highest BCUT2D eigenvalue weighted by molar-refractivity contribution is 14.0. The van der Waals surface area contributed by atoms with Gasteiger partial charge in [0, 0.05) is 44.7 Å². The number of guanidine groups is 1. The van der Waals surface area contributed by atoms with Gasteiger partial charge in [-0.25, -0.2) is 0 Å². The summed E-state index contributed by atoms with van der Waals surface area (Å²) in [4.78, 5) is 18.7. The van der Waals surface area contributed by atoms with Crippen LogP contribution in [0.1, 0.15) is 53.4 Å². The number of hydrogen-bond donors (Lipinski definition) is 3. The molecular weight excluding hydrogens is 429 g/mol. The van der Waals surface area contributed by atoms with Gasteiger partial charge in [-0.1, -0.05) is 20.3 Å². The third-order valence-electron chi connectivity index (χ3n) is 4.40. The number of halogens is 1. The molecule has 1 aliphatic heterocycles. The van der Waals surface area contributed by atoms with E-state index in [4.69, 9.17) is 0 Å². The van der Waals surface area contributed by atoms with E-state index >= 15 is 0 Å². The molecule has 6 nitrogen and oxygen atoms in total.